The Morgan fingerprint density at radius 3 is 2.42 bits per heavy atom. The van der Waals surface area contributed by atoms with Crippen molar-refractivity contribution in [3.8, 4) is 0 Å². The maximum absolute atomic E-state index is 13.9. The average molecular weight is 299 g/mol. The van der Waals surface area contributed by atoms with Crippen molar-refractivity contribution >= 4 is 17.6 Å². The van der Waals surface area contributed by atoms with E-state index in [1.54, 1.807) is 0 Å². The number of carboxylic acid groups (broad SMARTS) is 1. The van der Waals surface area contributed by atoms with Gasteiger partial charge in [0, 0.05) is 18.4 Å². The highest BCUT2D eigenvalue weighted by Crippen LogP contribution is 2.39. The summed E-state index contributed by atoms with van der Waals surface area (Å²) in [6.07, 6.45) is -1.26. The lowest BCUT2D eigenvalue weighted by molar-refractivity contribution is -0.138. The second-order valence-corrected chi connectivity index (χ2v) is 4.76. The first-order valence-electron chi connectivity index (χ1n) is 5.38. The summed E-state index contributed by atoms with van der Waals surface area (Å²) in [7, 11) is 0. The van der Waals surface area contributed by atoms with Gasteiger partial charge in [-0.05, 0) is 18.1 Å². The molecule has 1 aromatic carbocycles. The van der Waals surface area contributed by atoms with E-state index in [9.17, 15) is 22.4 Å². The summed E-state index contributed by atoms with van der Waals surface area (Å²) in [5.74, 6) is -8.31. The molecule has 0 aromatic heterocycles. The molecule has 0 spiro atoms. The van der Waals surface area contributed by atoms with Crippen molar-refractivity contribution in [2.45, 2.75) is 25.7 Å². The zero-order valence-corrected chi connectivity index (χ0v) is 10.6. The minimum absolute atomic E-state index is 0.338. The molecule has 0 aliphatic rings. The van der Waals surface area contributed by atoms with Crippen LogP contribution in [0, 0.1) is 17.6 Å². The first-order valence-corrected chi connectivity index (χ1v) is 5.76. The summed E-state index contributed by atoms with van der Waals surface area (Å²) in [5, 5.41) is 7.91. The molecule has 0 saturated heterocycles. The van der Waals surface area contributed by atoms with Crippen LogP contribution in [0.3, 0.4) is 0 Å². The molecule has 106 valence electrons. The molecule has 0 heterocycles. The van der Waals surface area contributed by atoms with Crippen LogP contribution in [0.4, 0.5) is 17.6 Å². The summed E-state index contributed by atoms with van der Waals surface area (Å²) >= 11 is 5.47. The number of hydrogen-bond donors (Lipinski definition) is 1. The van der Waals surface area contributed by atoms with E-state index in [0.717, 1.165) is 0 Å². The molecule has 0 aliphatic carbocycles. The molecule has 7 heteroatoms. The van der Waals surface area contributed by atoms with Crippen molar-refractivity contribution in [3.63, 3.8) is 0 Å². The summed E-state index contributed by atoms with van der Waals surface area (Å²) in [4.78, 5) is 10.4. The normalized spacial score (nSPS) is 13.4. The first kappa shape index (κ1) is 15.8. The molecule has 1 unspecified atom stereocenters. The number of aliphatic carboxylic acids is 1. The van der Waals surface area contributed by atoms with Crippen molar-refractivity contribution in [2.75, 3.05) is 0 Å². The molecule has 0 bridgehead atoms. The van der Waals surface area contributed by atoms with Gasteiger partial charge < -0.3 is 5.11 Å². The van der Waals surface area contributed by atoms with Gasteiger partial charge >= 0.3 is 5.97 Å². The molecule has 19 heavy (non-hydrogen) atoms. The highest BCUT2D eigenvalue weighted by molar-refractivity contribution is 6.31. The van der Waals surface area contributed by atoms with Crippen molar-refractivity contribution in [3.05, 3.63) is 34.4 Å². The number of hydrogen-bond acceptors (Lipinski definition) is 1. The summed E-state index contributed by atoms with van der Waals surface area (Å²) in [5.41, 5.74) is -0.842. The van der Waals surface area contributed by atoms with E-state index >= 15 is 0 Å². The molecule has 0 saturated carbocycles. The van der Waals surface area contributed by atoms with Crippen LogP contribution in [0.15, 0.2) is 12.1 Å². The van der Waals surface area contributed by atoms with Gasteiger partial charge in [0.2, 0.25) is 0 Å². The van der Waals surface area contributed by atoms with Gasteiger partial charge in [0.1, 0.15) is 0 Å². The lowest BCUT2D eigenvalue weighted by Gasteiger charge is -2.21. The van der Waals surface area contributed by atoms with E-state index in [1.807, 2.05) is 0 Å². The highest BCUT2D eigenvalue weighted by Gasteiger charge is 2.36. The Kier molecular flexibility index (Phi) is 4.79. The molecule has 1 atom stereocenters. The average Bonchev–Trinajstić information content (AvgIpc) is 2.20. The largest absolute Gasteiger partial charge is 0.481 e. The maximum atomic E-state index is 13.9. The van der Waals surface area contributed by atoms with Gasteiger partial charge in [0.05, 0.1) is 5.02 Å². The van der Waals surface area contributed by atoms with E-state index < -0.39 is 52.9 Å². The van der Waals surface area contributed by atoms with Crippen LogP contribution in [-0.2, 0) is 10.7 Å². The van der Waals surface area contributed by atoms with Crippen molar-refractivity contribution in [2.24, 2.45) is 5.92 Å². The van der Waals surface area contributed by atoms with Crippen LogP contribution in [0.1, 0.15) is 25.3 Å². The van der Waals surface area contributed by atoms with Crippen molar-refractivity contribution in [1.29, 1.82) is 0 Å². The third-order valence-electron chi connectivity index (χ3n) is 2.53. The van der Waals surface area contributed by atoms with Crippen LogP contribution in [0.5, 0.6) is 0 Å². The van der Waals surface area contributed by atoms with Crippen LogP contribution in [0.25, 0.3) is 0 Å². The smallest absolute Gasteiger partial charge is 0.303 e. The Morgan fingerprint density at radius 1 is 1.37 bits per heavy atom. The summed E-state index contributed by atoms with van der Waals surface area (Å²) in [6, 6.07) is 0.813. The predicted octanol–water partition coefficient (Wildman–Crippen LogP) is 4.21. The molecule has 2 nitrogen and oxygen atoms in total. The van der Waals surface area contributed by atoms with Crippen LogP contribution < -0.4 is 0 Å². The van der Waals surface area contributed by atoms with E-state index in [-0.39, 0.29) is 0 Å². The number of carbonyl (C=O) groups is 1. The van der Waals surface area contributed by atoms with Crippen LogP contribution in [-0.4, -0.2) is 11.1 Å². The molecule has 0 aliphatic heterocycles. The SMILES string of the molecule is CC(CC(=O)O)CC(F)(F)c1cc(F)c(F)cc1Cl. The lowest BCUT2D eigenvalue weighted by atomic mass is 9.95. The highest BCUT2D eigenvalue weighted by atomic mass is 35.5. The topological polar surface area (TPSA) is 37.3 Å². The van der Waals surface area contributed by atoms with Gasteiger partial charge in [-0.15, -0.1) is 0 Å². The quantitative estimate of drug-likeness (QED) is 0.653. The lowest BCUT2D eigenvalue weighted by Crippen LogP contribution is -2.20. The second-order valence-electron chi connectivity index (χ2n) is 4.36. The first-order chi connectivity index (χ1) is 8.63. The number of rotatable bonds is 5. The number of alkyl halides is 2. The fourth-order valence-electron chi connectivity index (χ4n) is 1.72. The van der Waals surface area contributed by atoms with Crippen LogP contribution in [0.2, 0.25) is 5.02 Å². The van der Waals surface area contributed by atoms with Gasteiger partial charge in [-0.1, -0.05) is 18.5 Å². The molecule has 1 aromatic rings. The molecule has 0 radical (unpaired) electrons. The van der Waals surface area contributed by atoms with E-state index in [2.05, 4.69) is 0 Å². The van der Waals surface area contributed by atoms with Gasteiger partial charge in [0.25, 0.3) is 5.92 Å². The number of halogens is 5. The fraction of sp³-hybridized carbons (Fsp3) is 0.417. The van der Waals surface area contributed by atoms with Gasteiger partial charge in [0.15, 0.2) is 11.6 Å². The zero-order chi connectivity index (χ0) is 14.8. The minimum Gasteiger partial charge on any atom is -0.481 e. The third kappa shape index (κ3) is 4.09. The third-order valence-corrected chi connectivity index (χ3v) is 2.84. The molecular weight excluding hydrogens is 288 g/mol. The van der Waals surface area contributed by atoms with Gasteiger partial charge in [-0.25, -0.2) is 17.6 Å². The molecular formula is C12H11ClF4O2. The Hall–Kier alpha value is -1.30. The predicted molar refractivity (Wildman–Crippen MR) is 61.3 cm³/mol. The van der Waals surface area contributed by atoms with E-state index in [0.29, 0.717) is 12.1 Å². The Bertz CT molecular complexity index is 491. The molecule has 1 rings (SSSR count). The maximum Gasteiger partial charge on any atom is 0.303 e. The van der Waals surface area contributed by atoms with Crippen LogP contribution >= 0.6 is 11.6 Å². The number of carboxylic acids is 1. The number of benzene rings is 1. The monoisotopic (exact) mass is 298 g/mol. The van der Waals surface area contributed by atoms with Gasteiger partial charge in [-0.3, -0.25) is 4.79 Å². The standard InChI is InChI=1S/C12H11ClF4O2/c1-6(2-11(18)19)5-12(16,17)7-3-9(14)10(15)4-8(7)13/h3-4,6H,2,5H2,1H3,(H,18,19). The Labute approximate surface area is 112 Å². The Balaban J connectivity index is 2.99. The van der Waals surface area contributed by atoms with Gasteiger partial charge in [-0.2, -0.15) is 0 Å². The summed E-state index contributed by atoms with van der Waals surface area (Å²) in [6.45, 7) is 1.33. The van der Waals surface area contributed by atoms with Crippen molar-refractivity contribution in [1.82, 2.24) is 0 Å². The fourth-order valence-corrected chi connectivity index (χ4v) is 2.01. The summed E-state index contributed by atoms with van der Waals surface area (Å²) < 4.78 is 53.5. The minimum atomic E-state index is -3.53. The van der Waals surface area contributed by atoms with Crippen molar-refractivity contribution < 1.29 is 27.5 Å². The second kappa shape index (κ2) is 5.77. The van der Waals surface area contributed by atoms with E-state index in [1.165, 1.54) is 6.92 Å². The Morgan fingerprint density at radius 2 is 1.89 bits per heavy atom. The molecule has 0 amide bonds. The zero-order valence-electron chi connectivity index (χ0n) is 9.89. The van der Waals surface area contributed by atoms with E-state index in [4.69, 9.17) is 16.7 Å². The molecule has 1 N–H and O–H groups in total. The molecule has 0 fully saturated rings.